The molecule has 1 aromatic rings. The van der Waals surface area contributed by atoms with E-state index in [9.17, 15) is 0 Å². The highest BCUT2D eigenvalue weighted by Gasteiger charge is 2.14. The Morgan fingerprint density at radius 1 is 1.47 bits per heavy atom. The van der Waals surface area contributed by atoms with Crippen molar-refractivity contribution in [1.82, 2.24) is 0 Å². The highest BCUT2D eigenvalue weighted by Crippen LogP contribution is 2.27. The van der Waals surface area contributed by atoms with E-state index in [-0.39, 0.29) is 0 Å². The fourth-order valence-electron chi connectivity index (χ4n) is 2.13. The van der Waals surface area contributed by atoms with E-state index >= 15 is 0 Å². The molecule has 1 aliphatic rings. The molecule has 1 aliphatic heterocycles. The minimum absolute atomic E-state index is 0.519. The number of nitrogen functional groups attached to an aromatic ring is 1. The highest BCUT2D eigenvalue weighted by molar-refractivity contribution is 7.99. The lowest BCUT2D eigenvalue weighted by Crippen LogP contribution is -2.04. The number of aryl methyl sites for hydroxylation is 1. The molecule has 2 N–H and O–H groups in total. The van der Waals surface area contributed by atoms with Crippen molar-refractivity contribution in [3.63, 3.8) is 0 Å². The fourth-order valence-corrected chi connectivity index (χ4v) is 3.17. The number of benzene rings is 1. The maximum absolute atomic E-state index is 5.95. The van der Waals surface area contributed by atoms with Gasteiger partial charge in [-0.25, -0.2) is 0 Å². The van der Waals surface area contributed by atoms with E-state index in [1.807, 2.05) is 17.8 Å². The van der Waals surface area contributed by atoms with Crippen LogP contribution < -0.4 is 5.73 Å². The Kier molecular flexibility index (Phi) is 4.75. The summed E-state index contributed by atoms with van der Waals surface area (Å²) in [4.78, 5) is 1.22. The minimum Gasteiger partial charge on any atom is -0.398 e. The zero-order chi connectivity index (χ0) is 12.1. The summed E-state index contributed by atoms with van der Waals surface area (Å²) in [7, 11) is 0. The number of hydrogen-bond donors (Lipinski definition) is 1. The number of thioether (sulfide) groups is 1. The van der Waals surface area contributed by atoms with Gasteiger partial charge in [-0.15, -0.1) is 11.8 Å². The molecule has 0 bridgehead atoms. The zero-order valence-electron chi connectivity index (χ0n) is 10.4. The maximum Gasteiger partial charge on any atom is 0.0576 e. The van der Waals surface area contributed by atoms with Crippen LogP contribution in [0.3, 0.4) is 0 Å². The molecule has 1 atom stereocenters. The van der Waals surface area contributed by atoms with Crippen LogP contribution in [0.4, 0.5) is 5.69 Å². The van der Waals surface area contributed by atoms with E-state index in [0.29, 0.717) is 6.10 Å². The Balaban J connectivity index is 1.72. The molecule has 0 aromatic heterocycles. The summed E-state index contributed by atoms with van der Waals surface area (Å²) in [6, 6.07) is 6.23. The van der Waals surface area contributed by atoms with Crippen LogP contribution in [0.1, 0.15) is 31.2 Å². The third-order valence-electron chi connectivity index (χ3n) is 3.12. The van der Waals surface area contributed by atoms with Crippen molar-refractivity contribution in [2.24, 2.45) is 0 Å². The normalized spacial score (nSPS) is 19.7. The second-order valence-electron chi connectivity index (χ2n) is 4.67. The molecule has 94 valence electrons. The van der Waals surface area contributed by atoms with E-state index in [4.69, 9.17) is 10.5 Å². The largest absolute Gasteiger partial charge is 0.398 e. The predicted octanol–water partition coefficient (Wildman–Crippen LogP) is 3.63. The summed E-state index contributed by atoms with van der Waals surface area (Å²) in [5.74, 6) is 1.13. The summed E-state index contributed by atoms with van der Waals surface area (Å²) < 4.78 is 5.61. The fraction of sp³-hybridized carbons (Fsp3) is 0.571. The molecule has 0 radical (unpaired) electrons. The van der Waals surface area contributed by atoms with Gasteiger partial charge < -0.3 is 10.5 Å². The molecule has 2 nitrogen and oxygen atoms in total. The van der Waals surface area contributed by atoms with Gasteiger partial charge in [0.25, 0.3) is 0 Å². The summed E-state index contributed by atoms with van der Waals surface area (Å²) in [5.41, 5.74) is 8.13. The number of ether oxygens (including phenoxy) is 1. The lowest BCUT2D eigenvalue weighted by Gasteiger charge is -2.09. The maximum atomic E-state index is 5.95. The van der Waals surface area contributed by atoms with Gasteiger partial charge in [-0.05, 0) is 56.1 Å². The molecule has 0 saturated carbocycles. The molecule has 1 saturated heterocycles. The second-order valence-corrected chi connectivity index (χ2v) is 5.80. The van der Waals surface area contributed by atoms with Gasteiger partial charge in [-0.2, -0.15) is 0 Å². The average molecular weight is 251 g/mol. The van der Waals surface area contributed by atoms with Gasteiger partial charge in [-0.1, -0.05) is 6.07 Å². The lowest BCUT2D eigenvalue weighted by molar-refractivity contribution is 0.104. The Labute approximate surface area is 108 Å². The topological polar surface area (TPSA) is 35.2 Å². The predicted molar refractivity (Wildman–Crippen MR) is 74.5 cm³/mol. The first kappa shape index (κ1) is 12.8. The molecule has 1 aromatic carbocycles. The Bertz CT molecular complexity index is 361. The van der Waals surface area contributed by atoms with Crippen LogP contribution in [-0.4, -0.2) is 18.5 Å². The summed E-state index contributed by atoms with van der Waals surface area (Å²) in [5, 5.41) is 0. The number of hydrogen-bond acceptors (Lipinski definition) is 3. The molecule has 0 aliphatic carbocycles. The smallest absolute Gasteiger partial charge is 0.0576 e. The van der Waals surface area contributed by atoms with Crippen molar-refractivity contribution in [3.8, 4) is 0 Å². The van der Waals surface area contributed by atoms with Crippen LogP contribution in [0.25, 0.3) is 0 Å². The molecule has 2 rings (SSSR count). The standard InChI is InChI=1S/C14H21NOS/c1-11-6-7-13(15)14(10-11)17-9-3-5-12-4-2-8-16-12/h6-7,10,12H,2-5,8-9,15H2,1H3. The van der Waals surface area contributed by atoms with Crippen molar-refractivity contribution in [3.05, 3.63) is 23.8 Å². The van der Waals surface area contributed by atoms with Gasteiger partial charge in [0.1, 0.15) is 0 Å². The van der Waals surface area contributed by atoms with E-state index < -0.39 is 0 Å². The van der Waals surface area contributed by atoms with Gasteiger partial charge in [-0.3, -0.25) is 0 Å². The van der Waals surface area contributed by atoms with Gasteiger partial charge in [0, 0.05) is 17.2 Å². The highest BCUT2D eigenvalue weighted by atomic mass is 32.2. The van der Waals surface area contributed by atoms with E-state index in [1.54, 1.807) is 0 Å². The third kappa shape index (κ3) is 3.93. The van der Waals surface area contributed by atoms with Crippen LogP contribution in [-0.2, 0) is 4.74 Å². The molecule has 1 unspecified atom stereocenters. The van der Waals surface area contributed by atoms with Gasteiger partial charge in [0.15, 0.2) is 0 Å². The van der Waals surface area contributed by atoms with Crippen LogP contribution in [0.5, 0.6) is 0 Å². The van der Waals surface area contributed by atoms with Gasteiger partial charge in [0.2, 0.25) is 0 Å². The molecular formula is C14H21NOS. The van der Waals surface area contributed by atoms with Crippen molar-refractivity contribution >= 4 is 17.4 Å². The molecule has 0 amide bonds. The third-order valence-corrected chi connectivity index (χ3v) is 4.28. The molecule has 1 fully saturated rings. The van der Waals surface area contributed by atoms with Crippen LogP contribution >= 0.6 is 11.8 Å². The monoisotopic (exact) mass is 251 g/mol. The van der Waals surface area contributed by atoms with Crippen LogP contribution in [0, 0.1) is 6.92 Å². The first-order chi connectivity index (χ1) is 8.25. The molecule has 0 spiro atoms. The Morgan fingerprint density at radius 3 is 3.12 bits per heavy atom. The van der Waals surface area contributed by atoms with Crippen molar-refractivity contribution in [2.75, 3.05) is 18.1 Å². The number of anilines is 1. The van der Waals surface area contributed by atoms with Crippen LogP contribution in [0.15, 0.2) is 23.1 Å². The second kappa shape index (κ2) is 6.31. The van der Waals surface area contributed by atoms with Gasteiger partial charge >= 0.3 is 0 Å². The lowest BCUT2D eigenvalue weighted by atomic mass is 10.1. The Hall–Kier alpha value is -0.670. The minimum atomic E-state index is 0.519. The first-order valence-corrected chi connectivity index (χ1v) is 7.35. The van der Waals surface area contributed by atoms with Crippen molar-refractivity contribution in [1.29, 1.82) is 0 Å². The van der Waals surface area contributed by atoms with E-state index in [1.165, 1.54) is 36.1 Å². The SMILES string of the molecule is Cc1ccc(N)c(SCCCC2CCCO2)c1. The van der Waals surface area contributed by atoms with E-state index in [0.717, 1.165) is 18.0 Å². The summed E-state index contributed by atoms with van der Waals surface area (Å²) >= 11 is 1.86. The molecule has 17 heavy (non-hydrogen) atoms. The molecule has 3 heteroatoms. The summed E-state index contributed by atoms with van der Waals surface area (Å²) in [6.07, 6.45) is 5.41. The average Bonchev–Trinajstić information content (AvgIpc) is 2.82. The number of rotatable bonds is 5. The first-order valence-electron chi connectivity index (χ1n) is 6.36. The van der Waals surface area contributed by atoms with Crippen molar-refractivity contribution in [2.45, 2.75) is 43.6 Å². The quantitative estimate of drug-likeness (QED) is 0.493. The number of nitrogens with two attached hydrogens (primary N) is 1. The molecule has 1 heterocycles. The Morgan fingerprint density at radius 2 is 2.35 bits per heavy atom. The summed E-state index contributed by atoms with van der Waals surface area (Å²) in [6.45, 7) is 3.07. The van der Waals surface area contributed by atoms with E-state index in [2.05, 4.69) is 19.1 Å². The molecular weight excluding hydrogens is 230 g/mol. The van der Waals surface area contributed by atoms with Crippen LogP contribution in [0.2, 0.25) is 0 Å². The zero-order valence-corrected chi connectivity index (χ0v) is 11.3. The van der Waals surface area contributed by atoms with Gasteiger partial charge in [0.05, 0.1) is 6.10 Å². The van der Waals surface area contributed by atoms with Crippen molar-refractivity contribution < 1.29 is 4.74 Å².